The van der Waals surface area contributed by atoms with Gasteiger partial charge in [-0.15, -0.1) is 0 Å². The molecule has 0 radical (unpaired) electrons. The van der Waals surface area contributed by atoms with Gasteiger partial charge in [0.05, 0.1) is 0 Å². The number of carboxylic acids is 2. The summed E-state index contributed by atoms with van der Waals surface area (Å²) >= 11 is 0. The second-order valence-corrected chi connectivity index (χ2v) is 1.14. The van der Waals surface area contributed by atoms with Crippen molar-refractivity contribution in [2.45, 2.75) is 0 Å². The fraction of sp³-hybridized carbons (Fsp3) is 0.500. The molecule has 0 aliphatic rings. The van der Waals surface area contributed by atoms with Crippen molar-refractivity contribution >= 4 is 11.9 Å². The third-order valence-electron chi connectivity index (χ3n) is 0.302. The summed E-state index contributed by atoms with van der Waals surface area (Å²) in [4.78, 5) is 18.4. The van der Waals surface area contributed by atoms with E-state index in [1.54, 1.807) is 0 Å². The Hall–Kier alpha value is -0.478. The first-order valence-corrected chi connectivity index (χ1v) is 2.27. The van der Waals surface area contributed by atoms with Crippen LogP contribution in [0, 0.1) is 0 Å². The molecule has 0 aromatic carbocycles. The van der Waals surface area contributed by atoms with Crippen molar-refractivity contribution in [2.24, 2.45) is 0 Å². The summed E-state index contributed by atoms with van der Waals surface area (Å²) in [6, 6.07) is 0. The molecule has 0 aliphatic heterocycles. The fourth-order valence-corrected chi connectivity index (χ4v) is 0. The molecule has 0 unspecified atom stereocenters. The van der Waals surface area contributed by atoms with Crippen molar-refractivity contribution in [3.63, 3.8) is 0 Å². The average Bonchev–Trinajstić information content (AvgIpc) is 1.89. The normalized spacial score (nSPS) is 6.73. The van der Waals surface area contributed by atoms with Gasteiger partial charge in [0.25, 0.3) is 11.9 Å². The maximum absolute atomic E-state index is 9.18. The van der Waals surface area contributed by atoms with Crippen molar-refractivity contribution < 1.29 is 40.2 Å². The molecule has 0 aromatic rings. The molecule has 0 amide bonds. The molecule has 0 bridgehead atoms. The number of hydrogen-bond acceptors (Lipinski definition) is 2. The second-order valence-electron chi connectivity index (χ2n) is 1.14. The third kappa shape index (κ3) is 43.4. The van der Waals surface area contributed by atoms with Crippen molar-refractivity contribution in [3.05, 3.63) is 11.5 Å². The summed E-state index contributed by atoms with van der Waals surface area (Å²) in [5.41, 5.74) is 12.1. The Morgan fingerprint density at radius 3 is 1.09 bits per heavy atom. The van der Waals surface area contributed by atoms with Gasteiger partial charge < -0.3 is 21.7 Å². The molecule has 0 atom stereocenters. The van der Waals surface area contributed by atoms with E-state index in [-0.39, 0.29) is 20.4 Å². The Morgan fingerprint density at radius 2 is 1.09 bits per heavy atom. The van der Waals surface area contributed by atoms with E-state index in [9.17, 15) is 9.59 Å². The Kier molecular flexibility index (Phi) is 18.7. The van der Waals surface area contributed by atoms with Crippen molar-refractivity contribution in [1.29, 1.82) is 0 Å². The Balaban J connectivity index is -0.000000107. The van der Waals surface area contributed by atoms with Crippen LogP contribution in [0.3, 0.4) is 0 Å². The molecule has 0 fully saturated rings. The zero-order valence-corrected chi connectivity index (χ0v) is 7.00. The molecule has 4 N–H and O–H groups in total. The van der Waals surface area contributed by atoms with E-state index in [1.807, 2.05) is 0 Å². The van der Waals surface area contributed by atoms with E-state index >= 15 is 0 Å². The van der Waals surface area contributed by atoms with E-state index in [1.165, 1.54) is 0 Å². The summed E-state index contributed by atoms with van der Waals surface area (Å²) in [6.45, 7) is -1.06. The molecule has 0 heterocycles. The zero-order chi connectivity index (χ0) is 8.57. The molecule has 11 heavy (non-hydrogen) atoms. The van der Waals surface area contributed by atoms with Crippen LogP contribution >= 0.6 is 0 Å². The van der Waals surface area contributed by atoms with Crippen LogP contribution in [-0.4, -0.2) is 35.2 Å². The third-order valence-corrected chi connectivity index (χ3v) is 0.302. The zero-order valence-electron chi connectivity index (χ0n) is 5.44. The van der Waals surface area contributed by atoms with Gasteiger partial charge in [0, 0.05) is 0 Å². The van der Waals surface area contributed by atoms with Gasteiger partial charge >= 0.3 is 20.4 Å². The number of carbonyl (C=O) groups is 2. The Labute approximate surface area is 77.2 Å². The fourth-order valence-electron chi connectivity index (χ4n) is 0. The minimum atomic E-state index is -1.08. The summed E-state index contributed by atoms with van der Waals surface area (Å²) in [5, 5.41) is 15.1. The van der Waals surface area contributed by atoms with Crippen LogP contribution in [0.5, 0.6) is 0 Å². The van der Waals surface area contributed by atoms with Gasteiger partial charge in [-0.2, -0.15) is 0 Å². The number of nitrogens with one attached hydrogen (secondary N) is 2. The summed E-state index contributed by atoms with van der Waals surface area (Å²) in [5.74, 6) is -2.16. The minimum Gasteiger partial charge on any atom is -0.668 e. The molecular weight excluding hydrogens is 246 g/mol. The first kappa shape index (κ1) is 16.9. The van der Waals surface area contributed by atoms with Crippen molar-refractivity contribution in [2.75, 3.05) is 13.1 Å². The smallest absolute Gasteiger partial charge is 0.668 e. The molecule has 0 rings (SSSR count). The molecule has 6 nitrogen and oxygen atoms in total. The molecular formula is C4H8N2O4Pd. The molecule has 0 saturated carbocycles. The van der Waals surface area contributed by atoms with E-state index in [0.717, 1.165) is 0 Å². The van der Waals surface area contributed by atoms with E-state index in [0.29, 0.717) is 0 Å². The van der Waals surface area contributed by atoms with Gasteiger partial charge in [-0.1, -0.05) is 13.1 Å². The standard InChI is InChI=1S/2C2H4NO2.Pd/c2*3-1-2(4)5;/h2*3H,1H2,(H,4,5);/q2*-1;+2. The topological polar surface area (TPSA) is 122 Å². The minimum absolute atomic E-state index is 0. The van der Waals surface area contributed by atoms with E-state index < -0.39 is 25.0 Å². The summed E-state index contributed by atoms with van der Waals surface area (Å²) in [6.07, 6.45) is 0. The van der Waals surface area contributed by atoms with Crippen LogP contribution in [-0.2, 0) is 30.0 Å². The number of hydrogen-bond donors (Lipinski definition) is 2. The van der Waals surface area contributed by atoms with Gasteiger partial charge in [-0.05, 0) is 0 Å². The Bertz CT molecular complexity index is 105. The number of aliphatic carboxylic acids is 2. The largest absolute Gasteiger partial charge is 2.00 e. The van der Waals surface area contributed by atoms with Gasteiger partial charge in [-0.25, -0.2) is 0 Å². The SMILES string of the molecule is [NH-]CC(=O)O.[NH-]CC(=O)O.[Pd+2]. The van der Waals surface area contributed by atoms with E-state index in [4.69, 9.17) is 21.7 Å². The summed E-state index contributed by atoms with van der Waals surface area (Å²) < 4.78 is 0. The summed E-state index contributed by atoms with van der Waals surface area (Å²) in [7, 11) is 0. The van der Waals surface area contributed by atoms with Gasteiger partial charge in [0.2, 0.25) is 0 Å². The van der Waals surface area contributed by atoms with Crippen LogP contribution in [0.25, 0.3) is 11.5 Å². The predicted octanol–water partition coefficient (Wildman–Crippen LogP) is 0.244. The maximum atomic E-state index is 9.18. The maximum Gasteiger partial charge on any atom is 2.00 e. The van der Waals surface area contributed by atoms with Crippen LogP contribution in [0.1, 0.15) is 0 Å². The van der Waals surface area contributed by atoms with Crippen molar-refractivity contribution in [3.8, 4) is 0 Å². The van der Waals surface area contributed by atoms with Crippen LogP contribution in [0.2, 0.25) is 0 Å². The number of rotatable bonds is 2. The molecule has 0 saturated heterocycles. The van der Waals surface area contributed by atoms with Crippen LogP contribution in [0.15, 0.2) is 0 Å². The molecule has 7 heteroatoms. The van der Waals surface area contributed by atoms with E-state index in [2.05, 4.69) is 0 Å². The van der Waals surface area contributed by atoms with Crippen LogP contribution in [0.4, 0.5) is 0 Å². The first-order chi connectivity index (χ1) is 4.54. The predicted molar refractivity (Wildman–Crippen MR) is 33.6 cm³/mol. The second kappa shape index (κ2) is 12.2. The molecule has 68 valence electrons. The monoisotopic (exact) mass is 254 g/mol. The quantitative estimate of drug-likeness (QED) is 0.685. The van der Waals surface area contributed by atoms with Gasteiger partial charge in [0.1, 0.15) is 0 Å². The number of carboxylic acid groups (broad SMARTS) is 2. The molecule has 0 aromatic heterocycles. The molecule has 0 aliphatic carbocycles. The van der Waals surface area contributed by atoms with Crippen LogP contribution < -0.4 is 0 Å². The Morgan fingerprint density at radius 1 is 1.00 bits per heavy atom. The van der Waals surface area contributed by atoms with Gasteiger partial charge in [0.15, 0.2) is 0 Å². The first-order valence-electron chi connectivity index (χ1n) is 2.27. The average molecular weight is 255 g/mol. The molecule has 0 spiro atoms. The van der Waals surface area contributed by atoms with Crippen molar-refractivity contribution in [1.82, 2.24) is 0 Å². The van der Waals surface area contributed by atoms with Gasteiger partial charge in [-0.3, -0.25) is 9.59 Å².